The maximum absolute atomic E-state index is 11.7. The molecular weight excluding hydrogens is 384 g/mol. The van der Waals surface area contributed by atoms with Gasteiger partial charge in [-0.3, -0.25) is 14.4 Å². The highest BCUT2D eigenvalue weighted by Crippen LogP contribution is 2.40. The van der Waals surface area contributed by atoms with Crippen LogP contribution in [-0.2, 0) is 28.6 Å². The molecule has 1 aliphatic carbocycles. The summed E-state index contributed by atoms with van der Waals surface area (Å²) in [5.74, 6) is -0.166. The van der Waals surface area contributed by atoms with Gasteiger partial charge in [-0.2, -0.15) is 0 Å². The number of hydrogen-bond donors (Lipinski definition) is 0. The van der Waals surface area contributed by atoms with E-state index in [0.29, 0.717) is 5.92 Å². The lowest BCUT2D eigenvalue weighted by molar-refractivity contribution is -0.189. The topological polar surface area (TPSA) is 78.9 Å². The largest absolute Gasteiger partial charge is 0.465 e. The van der Waals surface area contributed by atoms with Crippen molar-refractivity contribution in [3.8, 4) is 0 Å². The van der Waals surface area contributed by atoms with E-state index < -0.39 is 18.2 Å². The lowest BCUT2D eigenvalue weighted by Crippen LogP contribution is -2.52. The highest BCUT2D eigenvalue weighted by molar-refractivity contribution is 5.67. The molecule has 0 radical (unpaired) electrons. The summed E-state index contributed by atoms with van der Waals surface area (Å²) in [6.45, 7) is 10.9. The van der Waals surface area contributed by atoms with Crippen LogP contribution < -0.4 is 0 Å². The first-order valence-corrected chi connectivity index (χ1v) is 11.6. The van der Waals surface area contributed by atoms with E-state index in [0.717, 1.165) is 25.2 Å². The van der Waals surface area contributed by atoms with Gasteiger partial charge in [0.15, 0.2) is 0 Å². The van der Waals surface area contributed by atoms with Crippen LogP contribution in [0.3, 0.4) is 0 Å². The summed E-state index contributed by atoms with van der Waals surface area (Å²) < 4.78 is 16.4. The predicted octanol–water partition coefficient (Wildman–Crippen LogP) is 5.07. The molecule has 0 spiro atoms. The van der Waals surface area contributed by atoms with E-state index in [9.17, 15) is 14.4 Å². The summed E-state index contributed by atoms with van der Waals surface area (Å²) in [6, 6.07) is 0. The Hall–Kier alpha value is -1.59. The fourth-order valence-electron chi connectivity index (χ4n) is 4.55. The van der Waals surface area contributed by atoms with Crippen LogP contribution in [0.15, 0.2) is 0 Å². The molecule has 0 heterocycles. The number of ether oxygens (including phenoxy) is 3. The number of unbranched alkanes of at least 4 members (excludes halogenated alkanes) is 4. The van der Waals surface area contributed by atoms with Crippen molar-refractivity contribution in [2.24, 2.45) is 23.7 Å². The second-order valence-corrected chi connectivity index (χ2v) is 9.30. The number of esters is 3. The van der Waals surface area contributed by atoms with Gasteiger partial charge in [0, 0.05) is 26.7 Å². The number of carbonyl (C=O) groups excluding carboxylic acids is 3. The maximum Gasteiger partial charge on any atom is 0.303 e. The van der Waals surface area contributed by atoms with Gasteiger partial charge in [-0.05, 0) is 24.2 Å². The van der Waals surface area contributed by atoms with Crippen LogP contribution in [0.25, 0.3) is 0 Å². The summed E-state index contributed by atoms with van der Waals surface area (Å²) >= 11 is 0. The molecule has 0 amide bonds. The molecule has 1 aliphatic rings. The van der Waals surface area contributed by atoms with Crippen molar-refractivity contribution in [3.63, 3.8) is 0 Å². The van der Waals surface area contributed by atoms with Crippen LogP contribution >= 0.6 is 0 Å². The third kappa shape index (κ3) is 9.94. The first-order chi connectivity index (χ1) is 14.1. The molecule has 30 heavy (non-hydrogen) atoms. The molecule has 0 bridgehead atoms. The maximum atomic E-state index is 11.7. The number of rotatable bonds is 12. The van der Waals surface area contributed by atoms with Crippen molar-refractivity contribution in [1.29, 1.82) is 0 Å². The zero-order valence-electron chi connectivity index (χ0n) is 19.8. The van der Waals surface area contributed by atoms with Gasteiger partial charge >= 0.3 is 17.9 Å². The van der Waals surface area contributed by atoms with E-state index in [4.69, 9.17) is 14.2 Å². The van der Waals surface area contributed by atoms with Crippen molar-refractivity contribution in [1.82, 2.24) is 0 Å². The molecular formula is C24H42O6. The highest BCUT2D eigenvalue weighted by Gasteiger charge is 2.46. The van der Waals surface area contributed by atoms with Gasteiger partial charge in [-0.25, -0.2) is 0 Å². The second-order valence-electron chi connectivity index (χ2n) is 9.30. The van der Waals surface area contributed by atoms with Crippen molar-refractivity contribution in [3.05, 3.63) is 0 Å². The molecule has 0 aliphatic heterocycles. The van der Waals surface area contributed by atoms with E-state index in [2.05, 4.69) is 20.8 Å². The summed E-state index contributed by atoms with van der Waals surface area (Å²) in [7, 11) is 0. The zero-order chi connectivity index (χ0) is 22.7. The Labute approximate surface area is 182 Å². The lowest BCUT2D eigenvalue weighted by atomic mass is 9.69. The lowest BCUT2D eigenvalue weighted by Gasteiger charge is -2.44. The van der Waals surface area contributed by atoms with Crippen LogP contribution in [0, 0.1) is 23.7 Å². The SMILES string of the molecule is CC(=O)OC[C@H]1CC(CCCCCCCC(C)C)[C@H](C)[C@@H](OC(C)=O)[C@H]1OC(C)=O. The minimum absolute atomic E-state index is 0.0766. The first kappa shape index (κ1) is 26.4. The zero-order valence-corrected chi connectivity index (χ0v) is 19.8. The van der Waals surface area contributed by atoms with Crippen LogP contribution in [0.1, 0.15) is 92.9 Å². The van der Waals surface area contributed by atoms with Gasteiger partial charge in [-0.15, -0.1) is 0 Å². The molecule has 1 unspecified atom stereocenters. The Balaban J connectivity index is 2.73. The highest BCUT2D eigenvalue weighted by atomic mass is 16.6. The Kier molecular flexibility index (Phi) is 12.0. The molecule has 5 atom stereocenters. The Morgan fingerprint density at radius 1 is 0.800 bits per heavy atom. The second kappa shape index (κ2) is 13.7. The van der Waals surface area contributed by atoms with Crippen LogP contribution in [0.2, 0.25) is 0 Å². The fourth-order valence-corrected chi connectivity index (χ4v) is 4.55. The van der Waals surface area contributed by atoms with Gasteiger partial charge in [-0.1, -0.05) is 65.7 Å². The molecule has 174 valence electrons. The molecule has 0 aromatic carbocycles. The minimum atomic E-state index is -0.590. The molecule has 1 saturated carbocycles. The van der Waals surface area contributed by atoms with Crippen molar-refractivity contribution in [2.45, 2.75) is 105 Å². The molecule has 1 rings (SSSR count). The van der Waals surface area contributed by atoms with E-state index in [1.54, 1.807) is 0 Å². The third-order valence-electron chi connectivity index (χ3n) is 6.12. The Bertz CT molecular complexity index is 544. The quantitative estimate of drug-likeness (QED) is 0.246. The predicted molar refractivity (Wildman–Crippen MR) is 116 cm³/mol. The van der Waals surface area contributed by atoms with Gasteiger partial charge in [0.2, 0.25) is 0 Å². The molecule has 0 aromatic rings. The van der Waals surface area contributed by atoms with Crippen LogP contribution in [0.4, 0.5) is 0 Å². The normalized spacial score (nSPS) is 26.3. The summed E-state index contributed by atoms with van der Waals surface area (Å²) in [5, 5.41) is 0. The average Bonchev–Trinajstić information content (AvgIpc) is 2.63. The smallest absolute Gasteiger partial charge is 0.303 e. The van der Waals surface area contributed by atoms with Crippen molar-refractivity contribution >= 4 is 17.9 Å². The third-order valence-corrected chi connectivity index (χ3v) is 6.12. The van der Waals surface area contributed by atoms with Gasteiger partial charge in [0.25, 0.3) is 0 Å². The van der Waals surface area contributed by atoms with Gasteiger partial charge < -0.3 is 14.2 Å². The number of carbonyl (C=O) groups is 3. The van der Waals surface area contributed by atoms with E-state index >= 15 is 0 Å². The van der Waals surface area contributed by atoms with E-state index in [1.807, 2.05) is 0 Å². The number of hydrogen-bond acceptors (Lipinski definition) is 6. The average molecular weight is 427 g/mol. The summed E-state index contributed by atoms with van der Waals surface area (Å²) in [5.41, 5.74) is 0. The molecule has 6 heteroatoms. The molecule has 1 fully saturated rings. The fraction of sp³-hybridized carbons (Fsp3) is 0.875. The first-order valence-electron chi connectivity index (χ1n) is 11.6. The van der Waals surface area contributed by atoms with Crippen LogP contribution in [-0.4, -0.2) is 36.7 Å². The standard InChI is InChI=1S/C24H42O6/c1-16(2)12-10-8-7-9-11-13-21-14-22(15-28-18(4)25)24(30-20(6)27)23(17(21)3)29-19(5)26/h16-17,21-24H,7-15H2,1-6H3/t17-,21?,22+,23+,24-/m0/s1. The summed E-state index contributed by atoms with van der Waals surface area (Å²) in [6.07, 6.45) is 8.14. The van der Waals surface area contributed by atoms with Crippen molar-refractivity contribution < 1.29 is 28.6 Å². The Morgan fingerprint density at radius 3 is 1.93 bits per heavy atom. The molecule has 0 aromatic heterocycles. The molecule has 6 nitrogen and oxygen atoms in total. The summed E-state index contributed by atoms with van der Waals surface area (Å²) in [4.78, 5) is 34.8. The van der Waals surface area contributed by atoms with Gasteiger partial charge in [0.05, 0.1) is 6.61 Å². The monoisotopic (exact) mass is 426 g/mol. The van der Waals surface area contributed by atoms with E-state index in [1.165, 1.54) is 52.9 Å². The van der Waals surface area contributed by atoms with E-state index in [-0.39, 0.29) is 30.4 Å². The Morgan fingerprint density at radius 2 is 1.37 bits per heavy atom. The minimum Gasteiger partial charge on any atom is -0.465 e. The van der Waals surface area contributed by atoms with Crippen molar-refractivity contribution in [2.75, 3.05) is 6.61 Å². The van der Waals surface area contributed by atoms with Gasteiger partial charge in [0.1, 0.15) is 12.2 Å². The molecule has 0 saturated heterocycles. The van der Waals surface area contributed by atoms with Crippen LogP contribution in [0.5, 0.6) is 0 Å². The molecule has 0 N–H and O–H groups in total.